The number of esters is 1. The maximum absolute atomic E-state index is 12.2. The average molecular weight is 362 g/mol. The lowest BCUT2D eigenvalue weighted by Crippen LogP contribution is -2.34. The van der Waals surface area contributed by atoms with Gasteiger partial charge in [-0.1, -0.05) is 6.07 Å². The van der Waals surface area contributed by atoms with E-state index in [1.54, 1.807) is 7.11 Å². The van der Waals surface area contributed by atoms with Crippen LogP contribution in [-0.4, -0.2) is 50.3 Å². The molecule has 1 aliphatic carbocycles. The molecule has 1 aliphatic heterocycles. The predicted molar refractivity (Wildman–Crippen MR) is 95.3 cm³/mol. The van der Waals surface area contributed by atoms with E-state index >= 15 is 0 Å². The number of hydrogen-bond donors (Lipinski definition) is 1. The van der Waals surface area contributed by atoms with Gasteiger partial charge in [-0.15, -0.1) is 0 Å². The van der Waals surface area contributed by atoms with Crippen LogP contribution < -0.4 is 15.2 Å². The number of nitrogens with zero attached hydrogens (tertiary/aromatic N) is 1. The second-order valence-corrected chi connectivity index (χ2v) is 6.91. The molecular weight excluding hydrogens is 336 g/mol. The molecule has 1 aromatic carbocycles. The van der Waals surface area contributed by atoms with E-state index in [0.29, 0.717) is 18.0 Å². The summed E-state index contributed by atoms with van der Waals surface area (Å²) in [4.78, 5) is 25.3. The summed E-state index contributed by atoms with van der Waals surface area (Å²) >= 11 is 0. The van der Waals surface area contributed by atoms with E-state index in [-0.39, 0.29) is 24.5 Å². The molecule has 2 amide bonds. The van der Waals surface area contributed by atoms with Crippen molar-refractivity contribution in [1.29, 1.82) is 0 Å². The molecule has 0 aromatic heterocycles. The van der Waals surface area contributed by atoms with Crippen LogP contribution in [0, 0.1) is 5.92 Å². The van der Waals surface area contributed by atoms with Crippen molar-refractivity contribution >= 4 is 12.0 Å². The van der Waals surface area contributed by atoms with Gasteiger partial charge in [0.15, 0.2) is 11.5 Å². The van der Waals surface area contributed by atoms with Crippen LogP contribution in [0.1, 0.15) is 37.2 Å². The Morgan fingerprint density at radius 1 is 1.12 bits per heavy atom. The van der Waals surface area contributed by atoms with Crippen molar-refractivity contribution in [1.82, 2.24) is 4.90 Å². The molecule has 1 heterocycles. The van der Waals surface area contributed by atoms with E-state index in [4.69, 9.17) is 19.9 Å². The van der Waals surface area contributed by atoms with E-state index < -0.39 is 11.9 Å². The average Bonchev–Trinajstić information content (AvgIpc) is 3.30. The van der Waals surface area contributed by atoms with Crippen molar-refractivity contribution in [3.05, 3.63) is 23.8 Å². The fraction of sp³-hybridized carbons (Fsp3) is 0.579. The van der Waals surface area contributed by atoms with Gasteiger partial charge in [0, 0.05) is 19.0 Å². The van der Waals surface area contributed by atoms with Crippen molar-refractivity contribution in [2.45, 2.75) is 37.7 Å². The number of likely N-dealkylation sites (tertiary alicyclic amines) is 1. The van der Waals surface area contributed by atoms with Gasteiger partial charge in [-0.3, -0.25) is 4.79 Å². The number of rotatable bonds is 5. The van der Waals surface area contributed by atoms with Gasteiger partial charge in [-0.05, 0) is 43.4 Å². The SMILES string of the molecule is COC(=O)[C@@H]1CN(C(N)=O)C[C@H]1c1ccc(OC)c(OC2CCCC2)c1. The smallest absolute Gasteiger partial charge is 0.314 e. The van der Waals surface area contributed by atoms with Crippen LogP contribution in [0.4, 0.5) is 4.79 Å². The minimum absolute atomic E-state index is 0.188. The first kappa shape index (κ1) is 18.4. The molecule has 26 heavy (non-hydrogen) atoms. The number of benzene rings is 1. The highest BCUT2D eigenvalue weighted by Crippen LogP contribution is 2.39. The molecule has 1 aromatic rings. The highest BCUT2D eigenvalue weighted by atomic mass is 16.5. The zero-order chi connectivity index (χ0) is 18.7. The molecule has 2 atom stereocenters. The normalized spacial score (nSPS) is 23.1. The summed E-state index contributed by atoms with van der Waals surface area (Å²) < 4.78 is 16.5. The predicted octanol–water partition coefficient (Wildman–Crippen LogP) is 2.28. The lowest BCUT2D eigenvalue weighted by atomic mass is 9.89. The van der Waals surface area contributed by atoms with Gasteiger partial charge in [-0.25, -0.2) is 4.79 Å². The Morgan fingerprint density at radius 3 is 2.46 bits per heavy atom. The molecule has 142 valence electrons. The van der Waals surface area contributed by atoms with Gasteiger partial charge in [0.25, 0.3) is 0 Å². The Bertz CT molecular complexity index is 672. The standard InChI is InChI=1S/C19H26N2O5/c1-24-16-8-7-12(9-17(16)26-13-5-3-4-6-13)14-10-21(19(20)23)11-15(14)18(22)25-2/h7-9,13-15H,3-6,10-11H2,1-2H3,(H2,20,23)/t14-,15+/m0/s1. The van der Waals surface area contributed by atoms with Crippen LogP contribution in [0.5, 0.6) is 11.5 Å². The van der Waals surface area contributed by atoms with Gasteiger partial charge in [0.05, 0.1) is 26.2 Å². The lowest BCUT2D eigenvalue weighted by Gasteiger charge is -2.20. The first-order chi connectivity index (χ1) is 12.5. The molecule has 1 saturated heterocycles. The lowest BCUT2D eigenvalue weighted by molar-refractivity contribution is -0.145. The first-order valence-corrected chi connectivity index (χ1v) is 9.00. The van der Waals surface area contributed by atoms with Crippen molar-refractivity contribution in [3.8, 4) is 11.5 Å². The molecule has 3 rings (SSSR count). The zero-order valence-electron chi connectivity index (χ0n) is 15.3. The van der Waals surface area contributed by atoms with Crippen LogP contribution in [0.2, 0.25) is 0 Å². The van der Waals surface area contributed by atoms with Gasteiger partial charge >= 0.3 is 12.0 Å². The number of amides is 2. The van der Waals surface area contributed by atoms with Gasteiger partial charge in [0.1, 0.15) is 0 Å². The molecule has 7 heteroatoms. The molecule has 2 fully saturated rings. The number of ether oxygens (including phenoxy) is 3. The Labute approximate surface area is 153 Å². The summed E-state index contributed by atoms with van der Waals surface area (Å²) in [6, 6.07) is 5.14. The number of carbonyl (C=O) groups excluding carboxylic acids is 2. The largest absolute Gasteiger partial charge is 0.493 e. The van der Waals surface area contributed by atoms with Gasteiger partial charge < -0.3 is 24.8 Å². The van der Waals surface area contributed by atoms with Crippen LogP contribution in [0.15, 0.2) is 18.2 Å². The van der Waals surface area contributed by atoms with Crippen molar-refractivity contribution in [3.63, 3.8) is 0 Å². The molecule has 0 unspecified atom stereocenters. The van der Waals surface area contributed by atoms with Crippen molar-refractivity contribution in [2.24, 2.45) is 11.7 Å². The monoisotopic (exact) mass is 362 g/mol. The minimum atomic E-state index is -0.530. The van der Waals surface area contributed by atoms with Gasteiger partial charge in [-0.2, -0.15) is 0 Å². The number of urea groups is 1. The molecule has 0 radical (unpaired) electrons. The zero-order valence-corrected chi connectivity index (χ0v) is 15.3. The third-order valence-electron chi connectivity index (χ3n) is 5.35. The Kier molecular flexibility index (Phi) is 5.54. The summed E-state index contributed by atoms with van der Waals surface area (Å²) in [5, 5.41) is 0. The molecule has 2 aliphatic rings. The molecule has 0 bridgehead atoms. The van der Waals surface area contributed by atoms with E-state index in [1.165, 1.54) is 24.9 Å². The third kappa shape index (κ3) is 3.71. The number of nitrogens with two attached hydrogens (primary N) is 1. The Hall–Kier alpha value is -2.44. The molecule has 0 spiro atoms. The van der Waals surface area contributed by atoms with Crippen LogP contribution in [0.3, 0.4) is 0 Å². The number of primary amides is 1. The van der Waals surface area contributed by atoms with Gasteiger partial charge in [0.2, 0.25) is 0 Å². The summed E-state index contributed by atoms with van der Waals surface area (Å²) in [5.41, 5.74) is 6.33. The number of hydrogen-bond acceptors (Lipinski definition) is 5. The molecule has 2 N–H and O–H groups in total. The quantitative estimate of drug-likeness (QED) is 0.812. The van der Waals surface area contributed by atoms with E-state index in [2.05, 4.69) is 0 Å². The van der Waals surface area contributed by atoms with E-state index in [1.807, 2.05) is 18.2 Å². The minimum Gasteiger partial charge on any atom is -0.493 e. The topological polar surface area (TPSA) is 91.1 Å². The maximum Gasteiger partial charge on any atom is 0.314 e. The maximum atomic E-state index is 12.2. The third-order valence-corrected chi connectivity index (χ3v) is 5.35. The Morgan fingerprint density at radius 2 is 1.85 bits per heavy atom. The van der Waals surface area contributed by atoms with Crippen LogP contribution >= 0.6 is 0 Å². The van der Waals surface area contributed by atoms with E-state index in [0.717, 1.165) is 18.4 Å². The van der Waals surface area contributed by atoms with Crippen molar-refractivity contribution < 1.29 is 23.8 Å². The molecule has 7 nitrogen and oxygen atoms in total. The Balaban J connectivity index is 1.88. The van der Waals surface area contributed by atoms with Crippen molar-refractivity contribution in [2.75, 3.05) is 27.3 Å². The van der Waals surface area contributed by atoms with Crippen LogP contribution in [0.25, 0.3) is 0 Å². The molecular formula is C19H26N2O5. The summed E-state index contributed by atoms with van der Waals surface area (Å²) in [6.45, 7) is 0.641. The first-order valence-electron chi connectivity index (χ1n) is 9.00. The number of methoxy groups -OCH3 is 2. The van der Waals surface area contributed by atoms with Crippen LogP contribution in [-0.2, 0) is 9.53 Å². The second-order valence-electron chi connectivity index (χ2n) is 6.91. The fourth-order valence-electron chi connectivity index (χ4n) is 3.91. The fourth-order valence-corrected chi connectivity index (χ4v) is 3.91. The second kappa shape index (κ2) is 7.85. The number of carbonyl (C=O) groups is 2. The molecule has 1 saturated carbocycles. The summed E-state index contributed by atoms with van der Waals surface area (Å²) in [7, 11) is 2.97. The highest BCUT2D eigenvalue weighted by molar-refractivity contribution is 5.78. The summed E-state index contributed by atoms with van der Waals surface area (Å²) in [5.74, 6) is 0.373. The van der Waals surface area contributed by atoms with E-state index in [9.17, 15) is 9.59 Å². The summed E-state index contributed by atoms with van der Waals surface area (Å²) in [6.07, 6.45) is 4.62. The highest BCUT2D eigenvalue weighted by Gasteiger charge is 2.41.